The van der Waals surface area contributed by atoms with Crippen LogP contribution in [-0.4, -0.2) is 32.7 Å². The van der Waals surface area contributed by atoms with Gasteiger partial charge in [0.15, 0.2) is 0 Å². The first-order valence-corrected chi connectivity index (χ1v) is 5.55. The number of rotatable bonds is 5. The van der Waals surface area contributed by atoms with Gasteiger partial charge in [0, 0.05) is 12.2 Å². The van der Waals surface area contributed by atoms with Crippen LogP contribution in [0.25, 0.3) is 0 Å². The molecule has 0 aliphatic carbocycles. The van der Waals surface area contributed by atoms with Gasteiger partial charge in [-0.05, 0) is 18.2 Å². The van der Waals surface area contributed by atoms with E-state index in [1.54, 1.807) is 0 Å². The molecule has 1 N–H and O–H groups in total. The monoisotopic (exact) mass is 262 g/mol. The molecule has 1 aromatic carbocycles. The molecule has 6 heteroatoms. The highest BCUT2D eigenvalue weighted by atomic mass is 16.5. The predicted octanol–water partition coefficient (Wildman–Crippen LogP) is 1.59. The van der Waals surface area contributed by atoms with Crippen LogP contribution < -0.4 is 5.32 Å². The first kappa shape index (κ1) is 14.5. The number of methoxy groups -OCH3 is 2. The van der Waals surface area contributed by atoms with Crippen molar-refractivity contribution >= 4 is 17.6 Å². The molecule has 0 aliphatic heterocycles. The molecule has 0 spiro atoms. The number of carbonyl (C=O) groups excluding carboxylic acids is 2. The van der Waals surface area contributed by atoms with E-state index in [-0.39, 0.29) is 6.42 Å². The second-order valence-electron chi connectivity index (χ2n) is 3.58. The molecule has 100 valence electrons. The van der Waals surface area contributed by atoms with Crippen molar-refractivity contribution in [2.75, 3.05) is 26.1 Å². The van der Waals surface area contributed by atoms with E-state index >= 15 is 0 Å². The first-order valence-electron chi connectivity index (χ1n) is 5.55. The molecule has 19 heavy (non-hydrogen) atoms. The Labute approximate surface area is 110 Å². The van der Waals surface area contributed by atoms with E-state index < -0.39 is 11.9 Å². The van der Waals surface area contributed by atoms with Gasteiger partial charge in [-0.3, -0.25) is 0 Å². The third-order valence-corrected chi connectivity index (χ3v) is 2.40. The Morgan fingerprint density at radius 2 is 1.95 bits per heavy atom. The van der Waals surface area contributed by atoms with Gasteiger partial charge in [-0.2, -0.15) is 5.26 Å². The molecule has 0 bridgehead atoms. The van der Waals surface area contributed by atoms with E-state index in [0.717, 1.165) is 0 Å². The Hall–Kier alpha value is -2.55. The number of hydrogen-bond acceptors (Lipinski definition) is 6. The standard InChI is InChI=1S/C13H14N2O4/c1-18-12(16)9-4-5-10(13(17)19-2)11(8-9)15-7-3-6-14/h4-5,8,15H,3,7H2,1-2H3. The molecule has 0 aliphatic rings. The Bertz CT molecular complexity index is 520. The van der Waals surface area contributed by atoms with E-state index in [9.17, 15) is 9.59 Å². The van der Waals surface area contributed by atoms with Gasteiger partial charge in [0.25, 0.3) is 0 Å². The molecule has 6 nitrogen and oxygen atoms in total. The number of ether oxygens (including phenoxy) is 2. The summed E-state index contributed by atoms with van der Waals surface area (Å²) in [5.41, 5.74) is 1.05. The Morgan fingerprint density at radius 3 is 2.53 bits per heavy atom. The highest BCUT2D eigenvalue weighted by Crippen LogP contribution is 2.19. The lowest BCUT2D eigenvalue weighted by atomic mass is 10.1. The second kappa shape index (κ2) is 7.01. The average molecular weight is 262 g/mol. The highest BCUT2D eigenvalue weighted by molar-refractivity contribution is 5.98. The molecule has 0 saturated carbocycles. The molecule has 0 saturated heterocycles. The van der Waals surface area contributed by atoms with E-state index in [1.807, 2.05) is 6.07 Å². The summed E-state index contributed by atoms with van der Waals surface area (Å²) in [7, 11) is 2.55. The van der Waals surface area contributed by atoms with Crippen LogP contribution >= 0.6 is 0 Å². The Balaban J connectivity index is 3.07. The smallest absolute Gasteiger partial charge is 0.339 e. The van der Waals surface area contributed by atoms with Crippen molar-refractivity contribution in [2.24, 2.45) is 0 Å². The summed E-state index contributed by atoms with van der Waals surface area (Å²) < 4.78 is 9.26. The maximum atomic E-state index is 11.6. The van der Waals surface area contributed by atoms with Crippen LogP contribution in [0.5, 0.6) is 0 Å². The average Bonchev–Trinajstić information content (AvgIpc) is 2.45. The molecule has 0 aromatic heterocycles. The number of anilines is 1. The predicted molar refractivity (Wildman–Crippen MR) is 67.8 cm³/mol. The number of nitrogens with zero attached hydrogens (tertiary/aromatic N) is 1. The van der Waals surface area contributed by atoms with E-state index in [2.05, 4.69) is 14.8 Å². The molecule has 0 amide bonds. The van der Waals surface area contributed by atoms with Gasteiger partial charge >= 0.3 is 11.9 Å². The van der Waals surface area contributed by atoms with Crippen molar-refractivity contribution in [3.63, 3.8) is 0 Å². The van der Waals surface area contributed by atoms with Crippen molar-refractivity contribution in [3.8, 4) is 6.07 Å². The van der Waals surface area contributed by atoms with Gasteiger partial charge in [-0.25, -0.2) is 9.59 Å². The number of nitriles is 1. The minimum Gasteiger partial charge on any atom is -0.465 e. The molecule has 0 atom stereocenters. The quantitative estimate of drug-likeness (QED) is 0.640. The minimum atomic E-state index is -0.518. The number of carbonyl (C=O) groups is 2. The largest absolute Gasteiger partial charge is 0.465 e. The lowest BCUT2D eigenvalue weighted by Crippen LogP contribution is -2.11. The third-order valence-electron chi connectivity index (χ3n) is 2.40. The summed E-state index contributed by atoms with van der Waals surface area (Å²) in [6.45, 7) is 0.366. The zero-order valence-corrected chi connectivity index (χ0v) is 10.7. The van der Waals surface area contributed by atoms with Gasteiger partial charge in [-0.1, -0.05) is 0 Å². The summed E-state index contributed by atoms with van der Waals surface area (Å²) in [6, 6.07) is 6.43. The summed E-state index contributed by atoms with van der Waals surface area (Å²) in [5.74, 6) is -1.02. The molecule has 0 fully saturated rings. The van der Waals surface area contributed by atoms with Crippen LogP contribution in [0, 0.1) is 11.3 Å². The zero-order valence-electron chi connectivity index (χ0n) is 10.7. The molecular formula is C13H14N2O4. The van der Waals surface area contributed by atoms with Crippen LogP contribution in [0.15, 0.2) is 18.2 Å². The van der Waals surface area contributed by atoms with Crippen molar-refractivity contribution in [1.82, 2.24) is 0 Å². The van der Waals surface area contributed by atoms with Gasteiger partial charge in [0.05, 0.1) is 37.8 Å². The minimum absolute atomic E-state index is 0.281. The lowest BCUT2D eigenvalue weighted by molar-refractivity contribution is 0.0587. The van der Waals surface area contributed by atoms with Gasteiger partial charge in [-0.15, -0.1) is 0 Å². The molecule has 1 aromatic rings. The van der Waals surface area contributed by atoms with Gasteiger partial charge < -0.3 is 14.8 Å². The van der Waals surface area contributed by atoms with Gasteiger partial charge in [0.1, 0.15) is 0 Å². The number of benzene rings is 1. The fraction of sp³-hybridized carbons (Fsp3) is 0.308. The topological polar surface area (TPSA) is 88.4 Å². The van der Waals surface area contributed by atoms with E-state index in [4.69, 9.17) is 5.26 Å². The normalized spacial score (nSPS) is 9.32. The summed E-state index contributed by atoms with van der Waals surface area (Å²) in [5, 5.41) is 11.4. The first-order chi connectivity index (χ1) is 9.13. The zero-order chi connectivity index (χ0) is 14.3. The fourth-order valence-corrected chi connectivity index (χ4v) is 1.48. The van der Waals surface area contributed by atoms with Crippen LogP contribution in [-0.2, 0) is 9.47 Å². The third kappa shape index (κ3) is 3.71. The Morgan fingerprint density at radius 1 is 1.26 bits per heavy atom. The summed E-state index contributed by atoms with van der Waals surface area (Å²) in [6.07, 6.45) is 0.281. The highest BCUT2D eigenvalue weighted by Gasteiger charge is 2.15. The maximum Gasteiger partial charge on any atom is 0.339 e. The molecular weight excluding hydrogens is 248 g/mol. The molecule has 1 rings (SSSR count). The molecule has 0 heterocycles. The Kier molecular flexibility index (Phi) is 5.35. The van der Waals surface area contributed by atoms with Crippen LogP contribution in [0.3, 0.4) is 0 Å². The number of hydrogen-bond donors (Lipinski definition) is 1. The van der Waals surface area contributed by atoms with Crippen LogP contribution in [0.1, 0.15) is 27.1 Å². The summed E-state index contributed by atoms with van der Waals surface area (Å²) in [4.78, 5) is 23.0. The fourth-order valence-electron chi connectivity index (χ4n) is 1.48. The SMILES string of the molecule is COC(=O)c1ccc(C(=O)OC)c(NCCC#N)c1. The van der Waals surface area contributed by atoms with Crippen molar-refractivity contribution in [2.45, 2.75) is 6.42 Å². The molecule has 0 radical (unpaired) electrons. The number of nitrogens with one attached hydrogen (secondary N) is 1. The van der Waals surface area contributed by atoms with Crippen LogP contribution in [0.4, 0.5) is 5.69 Å². The van der Waals surface area contributed by atoms with Crippen molar-refractivity contribution in [3.05, 3.63) is 29.3 Å². The van der Waals surface area contributed by atoms with E-state index in [1.165, 1.54) is 32.4 Å². The summed E-state index contributed by atoms with van der Waals surface area (Å²) >= 11 is 0. The number of esters is 2. The van der Waals surface area contributed by atoms with Gasteiger partial charge in [0.2, 0.25) is 0 Å². The molecule has 0 unspecified atom stereocenters. The second-order valence-corrected chi connectivity index (χ2v) is 3.58. The van der Waals surface area contributed by atoms with E-state index in [0.29, 0.717) is 23.4 Å². The maximum absolute atomic E-state index is 11.6. The van der Waals surface area contributed by atoms with Crippen molar-refractivity contribution < 1.29 is 19.1 Å². The van der Waals surface area contributed by atoms with Crippen molar-refractivity contribution in [1.29, 1.82) is 5.26 Å². The lowest BCUT2D eigenvalue weighted by Gasteiger charge is -2.11. The van der Waals surface area contributed by atoms with Crippen LogP contribution in [0.2, 0.25) is 0 Å².